The number of aromatic nitrogens is 2. The Hall–Kier alpha value is -4.02. The van der Waals surface area contributed by atoms with Crippen LogP contribution in [0.2, 0.25) is 5.02 Å². The zero-order chi connectivity index (χ0) is 28.5. The number of amides is 2. The number of methoxy groups -OCH3 is 2. The molecule has 204 valence electrons. The van der Waals surface area contributed by atoms with E-state index in [0.29, 0.717) is 44.0 Å². The molecule has 0 fully saturated rings. The van der Waals surface area contributed by atoms with Crippen LogP contribution in [0, 0.1) is 6.92 Å². The van der Waals surface area contributed by atoms with Gasteiger partial charge in [0.05, 0.1) is 47.3 Å². The van der Waals surface area contributed by atoms with Gasteiger partial charge < -0.3 is 19.7 Å². The molecule has 0 saturated heterocycles. The average Bonchev–Trinajstić information content (AvgIpc) is 2.93. The molecule has 1 N–H and O–H groups in total. The van der Waals surface area contributed by atoms with Crippen LogP contribution in [0.25, 0.3) is 16.6 Å². The predicted molar refractivity (Wildman–Crippen MR) is 156 cm³/mol. The number of hydrogen-bond acceptors (Lipinski definition) is 7. The third-order valence-electron chi connectivity index (χ3n) is 5.31. The molecule has 0 atom stereocenters. The monoisotopic (exact) mass is 568 g/mol. The fourth-order valence-electron chi connectivity index (χ4n) is 3.44. The molecule has 4 aromatic rings. The van der Waals surface area contributed by atoms with Gasteiger partial charge in [0.15, 0.2) is 16.7 Å². The van der Waals surface area contributed by atoms with Crippen molar-refractivity contribution in [2.45, 2.75) is 12.1 Å². The molecule has 4 rings (SSSR count). The van der Waals surface area contributed by atoms with Crippen molar-refractivity contribution in [3.63, 3.8) is 0 Å². The SMILES string of the molecule is CN(C)C=O.COc1ccc(-n2c(SCC(=O)Nc3ccc(C)cc3Cl)nc3ccccc3c2=O)cc1OC. The fourth-order valence-corrected chi connectivity index (χ4v) is 4.53. The summed E-state index contributed by atoms with van der Waals surface area (Å²) in [5.41, 5.74) is 2.37. The number of ether oxygens (including phenoxy) is 2. The van der Waals surface area contributed by atoms with Crippen LogP contribution in [0.5, 0.6) is 11.5 Å². The molecule has 0 radical (unpaired) electrons. The number of nitrogens with one attached hydrogen (secondary N) is 1. The third kappa shape index (κ3) is 7.52. The maximum absolute atomic E-state index is 13.4. The zero-order valence-corrected chi connectivity index (χ0v) is 23.8. The molecule has 0 aliphatic heterocycles. The number of thioether (sulfide) groups is 1. The van der Waals surface area contributed by atoms with Crippen LogP contribution in [0.15, 0.2) is 70.6 Å². The normalized spacial score (nSPS) is 10.3. The molecule has 0 aliphatic rings. The van der Waals surface area contributed by atoms with E-state index in [1.54, 1.807) is 69.7 Å². The van der Waals surface area contributed by atoms with Crippen LogP contribution in [0.3, 0.4) is 0 Å². The van der Waals surface area contributed by atoms with Crippen molar-refractivity contribution in [3.8, 4) is 17.2 Å². The second-order valence-electron chi connectivity index (χ2n) is 8.48. The lowest BCUT2D eigenvalue weighted by Gasteiger charge is -2.15. The van der Waals surface area contributed by atoms with Gasteiger partial charge >= 0.3 is 0 Å². The number of rotatable bonds is 8. The minimum Gasteiger partial charge on any atom is -0.493 e. The topological polar surface area (TPSA) is 103 Å². The molecule has 1 aromatic heterocycles. The smallest absolute Gasteiger partial charge is 0.266 e. The minimum absolute atomic E-state index is 0.0300. The van der Waals surface area contributed by atoms with Crippen molar-refractivity contribution >= 4 is 52.3 Å². The van der Waals surface area contributed by atoms with Gasteiger partial charge in [-0.1, -0.05) is 41.6 Å². The summed E-state index contributed by atoms with van der Waals surface area (Å²) < 4.78 is 12.2. The van der Waals surface area contributed by atoms with Gasteiger partial charge in [-0.2, -0.15) is 0 Å². The Morgan fingerprint density at radius 1 is 1.08 bits per heavy atom. The predicted octanol–water partition coefficient (Wildman–Crippen LogP) is 4.80. The Bertz CT molecular complexity index is 1540. The van der Waals surface area contributed by atoms with E-state index in [2.05, 4.69) is 10.3 Å². The first-order valence-electron chi connectivity index (χ1n) is 11.7. The molecule has 0 aliphatic carbocycles. The Morgan fingerprint density at radius 3 is 2.41 bits per heavy atom. The summed E-state index contributed by atoms with van der Waals surface area (Å²) in [6, 6.07) is 17.7. The van der Waals surface area contributed by atoms with Crippen molar-refractivity contribution < 1.29 is 19.1 Å². The van der Waals surface area contributed by atoms with Gasteiger partial charge in [-0.25, -0.2) is 4.98 Å². The molecule has 39 heavy (non-hydrogen) atoms. The summed E-state index contributed by atoms with van der Waals surface area (Å²) in [5, 5.41) is 4.12. The summed E-state index contributed by atoms with van der Waals surface area (Å²) in [6.45, 7) is 1.92. The first-order valence-corrected chi connectivity index (χ1v) is 13.1. The molecule has 2 amide bonds. The van der Waals surface area contributed by atoms with Crippen LogP contribution in [-0.4, -0.2) is 60.8 Å². The molecular weight excluding hydrogens is 540 g/mol. The zero-order valence-electron chi connectivity index (χ0n) is 22.2. The number of hydrogen-bond donors (Lipinski definition) is 1. The summed E-state index contributed by atoms with van der Waals surface area (Å²) in [4.78, 5) is 41.6. The average molecular weight is 569 g/mol. The fraction of sp³-hybridized carbons (Fsp3) is 0.214. The van der Waals surface area contributed by atoms with E-state index in [1.807, 2.05) is 19.1 Å². The Labute approximate surface area is 235 Å². The highest BCUT2D eigenvalue weighted by atomic mass is 35.5. The van der Waals surface area contributed by atoms with Crippen LogP contribution in [0.4, 0.5) is 5.69 Å². The summed E-state index contributed by atoms with van der Waals surface area (Å²) in [5.74, 6) is 0.777. The number of nitrogens with zero attached hydrogens (tertiary/aromatic N) is 3. The molecule has 11 heteroatoms. The van der Waals surface area contributed by atoms with Crippen LogP contribution in [-0.2, 0) is 9.59 Å². The van der Waals surface area contributed by atoms with Gasteiger partial charge in [0, 0.05) is 20.2 Å². The molecule has 3 aromatic carbocycles. The lowest BCUT2D eigenvalue weighted by atomic mass is 10.2. The van der Waals surface area contributed by atoms with E-state index in [9.17, 15) is 14.4 Å². The van der Waals surface area contributed by atoms with Gasteiger partial charge in [0.2, 0.25) is 12.3 Å². The summed E-state index contributed by atoms with van der Waals surface area (Å²) in [6.07, 6.45) is 0.750. The highest BCUT2D eigenvalue weighted by Crippen LogP contribution is 2.31. The van der Waals surface area contributed by atoms with Crippen molar-refractivity contribution in [2.24, 2.45) is 0 Å². The molecule has 9 nitrogen and oxygen atoms in total. The Balaban J connectivity index is 0.000000771. The number of carbonyl (C=O) groups excluding carboxylic acids is 2. The minimum atomic E-state index is -0.267. The van der Waals surface area contributed by atoms with Gasteiger partial charge in [-0.3, -0.25) is 19.0 Å². The van der Waals surface area contributed by atoms with E-state index in [1.165, 1.54) is 16.6 Å². The lowest BCUT2D eigenvalue weighted by molar-refractivity contribution is -0.116. The van der Waals surface area contributed by atoms with E-state index < -0.39 is 0 Å². The van der Waals surface area contributed by atoms with Crippen molar-refractivity contribution in [2.75, 3.05) is 39.4 Å². The maximum Gasteiger partial charge on any atom is 0.266 e. The molecule has 1 heterocycles. The van der Waals surface area contributed by atoms with Gasteiger partial charge in [0.1, 0.15) is 0 Å². The largest absolute Gasteiger partial charge is 0.493 e. The number of benzene rings is 3. The number of carbonyl (C=O) groups is 2. The number of anilines is 1. The van der Waals surface area contributed by atoms with E-state index in [0.717, 1.165) is 23.7 Å². The van der Waals surface area contributed by atoms with Crippen LogP contribution >= 0.6 is 23.4 Å². The van der Waals surface area contributed by atoms with E-state index in [-0.39, 0.29) is 17.2 Å². The second-order valence-corrected chi connectivity index (χ2v) is 9.83. The number of aryl methyl sites for hydroxylation is 1. The molecular formula is C28H29ClN4O5S. The van der Waals surface area contributed by atoms with Gasteiger partial charge in [0.25, 0.3) is 5.56 Å². The van der Waals surface area contributed by atoms with Crippen molar-refractivity contribution in [3.05, 3.63) is 81.6 Å². The first kappa shape index (κ1) is 29.5. The maximum atomic E-state index is 13.4. The lowest BCUT2D eigenvalue weighted by Crippen LogP contribution is -2.23. The molecule has 0 saturated carbocycles. The standard InChI is InChI=1S/C25H22ClN3O4S.C3H7NO/c1-15-8-10-20(18(26)12-15)27-23(30)14-34-25-28-19-7-5-4-6-17(19)24(31)29(25)16-9-11-21(32-2)22(13-16)33-3;1-4(2)3-5/h4-13H,14H2,1-3H3,(H,27,30);3H,1-2H3. The Kier molecular flexibility index (Phi) is 10.4. The number of halogens is 1. The molecule has 0 unspecified atom stereocenters. The second kappa shape index (κ2) is 13.7. The quantitative estimate of drug-likeness (QED) is 0.185. The van der Waals surface area contributed by atoms with Gasteiger partial charge in [-0.15, -0.1) is 0 Å². The summed E-state index contributed by atoms with van der Waals surface area (Å²) >= 11 is 7.39. The van der Waals surface area contributed by atoms with Crippen molar-refractivity contribution in [1.82, 2.24) is 14.5 Å². The first-order chi connectivity index (χ1) is 18.7. The van der Waals surface area contributed by atoms with Gasteiger partial charge in [-0.05, 0) is 48.9 Å². The van der Waals surface area contributed by atoms with Crippen LogP contribution in [0.1, 0.15) is 5.56 Å². The highest BCUT2D eigenvalue weighted by Gasteiger charge is 2.17. The van der Waals surface area contributed by atoms with E-state index >= 15 is 0 Å². The van der Waals surface area contributed by atoms with Crippen molar-refractivity contribution in [1.29, 1.82) is 0 Å². The summed E-state index contributed by atoms with van der Waals surface area (Å²) in [7, 11) is 6.45. The molecule has 0 spiro atoms. The number of fused-ring (bicyclic) bond motifs is 1. The molecule has 0 bridgehead atoms. The third-order valence-corrected chi connectivity index (χ3v) is 6.56. The van der Waals surface area contributed by atoms with Crippen LogP contribution < -0.4 is 20.3 Å². The number of para-hydroxylation sites is 1. The highest BCUT2D eigenvalue weighted by molar-refractivity contribution is 7.99. The Morgan fingerprint density at radius 2 is 1.77 bits per heavy atom. The van der Waals surface area contributed by atoms with E-state index in [4.69, 9.17) is 21.1 Å².